The van der Waals surface area contributed by atoms with Gasteiger partial charge in [-0.05, 0) is 52.2 Å². The van der Waals surface area contributed by atoms with Crippen LogP contribution in [0.4, 0.5) is 0 Å². The zero-order chi connectivity index (χ0) is 72.7. The summed E-state index contributed by atoms with van der Waals surface area (Å²) < 4.78 is 104. The van der Waals surface area contributed by atoms with Crippen molar-refractivity contribution < 1.29 is 124 Å². The SMILES string of the molecule is CCOC[C@@H]1C[C@H](N2C(=O)C=CC2=O)C(=O)N1CC(=O)C[C@H](C(=O)N[C@@H](C)C(=O)Cc1ccc(COC(=O)C(C)(C)C)c(C#CCOCCOCCOCCOCCOCCOCCOCCOCCOCCOCCOCCOCCOCCOCCOCCOCCOC)c1)C(C)C. The van der Waals surface area contributed by atoms with Gasteiger partial charge in [0.15, 0.2) is 11.6 Å². The molecule has 2 aliphatic heterocycles. The van der Waals surface area contributed by atoms with E-state index in [4.69, 9.17) is 90.0 Å². The van der Waals surface area contributed by atoms with Gasteiger partial charge in [0, 0.05) is 62.2 Å². The van der Waals surface area contributed by atoms with E-state index in [0.29, 0.717) is 228 Å². The molecule has 0 saturated carbocycles. The van der Waals surface area contributed by atoms with E-state index in [1.54, 1.807) is 73.8 Å². The van der Waals surface area contributed by atoms with Gasteiger partial charge < -0.3 is 100 Å². The van der Waals surface area contributed by atoms with Crippen LogP contribution in [0.1, 0.15) is 78.0 Å². The van der Waals surface area contributed by atoms with Gasteiger partial charge in [0.1, 0.15) is 19.3 Å². The number of ketones is 2. The summed E-state index contributed by atoms with van der Waals surface area (Å²) >= 11 is 0. The number of nitrogens with zero attached hydrogens (tertiary/aromatic N) is 2. The fraction of sp³-hybridized carbons (Fsp3) is 0.761. The predicted octanol–water partition coefficient (Wildman–Crippen LogP) is 2.82. The predicted molar refractivity (Wildman–Crippen MR) is 363 cm³/mol. The van der Waals surface area contributed by atoms with Crippen molar-refractivity contribution in [2.45, 2.75) is 92.5 Å². The molecule has 0 radical (unpaired) electrons. The third-order valence-corrected chi connectivity index (χ3v) is 14.9. The summed E-state index contributed by atoms with van der Waals surface area (Å²) in [6, 6.07) is 2.66. The van der Waals surface area contributed by atoms with Gasteiger partial charge >= 0.3 is 5.97 Å². The first kappa shape index (κ1) is 88.9. The number of hydrogen-bond donors (Lipinski definition) is 1. The highest BCUT2D eigenvalue weighted by Crippen LogP contribution is 2.28. The average Bonchev–Trinajstić information content (AvgIpc) is 1.63. The lowest BCUT2D eigenvalue weighted by Gasteiger charge is -2.26. The lowest BCUT2D eigenvalue weighted by atomic mass is 9.89. The first-order valence-electron chi connectivity index (χ1n) is 34.8. The van der Waals surface area contributed by atoms with Gasteiger partial charge in [0.2, 0.25) is 11.8 Å². The van der Waals surface area contributed by atoms with Crippen LogP contribution in [0, 0.1) is 29.1 Å². The zero-order valence-corrected chi connectivity index (χ0v) is 60.6. The van der Waals surface area contributed by atoms with Crippen molar-refractivity contribution in [3.8, 4) is 11.8 Å². The average molecular weight is 1430 g/mol. The number of methoxy groups -OCH3 is 1. The van der Waals surface area contributed by atoms with Crippen molar-refractivity contribution in [1.82, 2.24) is 15.1 Å². The number of likely N-dealkylation sites (tertiary alicyclic amines) is 1. The Bertz CT molecular complexity index is 2490. The topological polar surface area (TPSA) is 313 Å². The molecule has 29 nitrogen and oxygen atoms in total. The molecule has 4 amide bonds. The Balaban J connectivity index is 1.14. The van der Waals surface area contributed by atoms with Gasteiger partial charge in [0.25, 0.3) is 11.8 Å². The minimum absolute atomic E-state index is 0.0463. The molecule has 1 aromatic rings. The number of hydrogen-bond acceptors (Lipinski definition) is 26. The first-order chi connectivity index (χ1) is 48.5. The summed E-state index contributed by atoms with van der Waals surface area (Å²) in [5, 5.41) is 2.79. The summed E-state index contributed by atoms with van der Waals surface area (Å²) in [6.07, 6.45) is 2.05. The number of esters is 1. The molecular weight excluding hydrogens is 1310 g/mol. The molecule has 4 atom stereocenters. The van der Waals surface area contributed by atoms with E-state index in [1.807, 2.05) is 0 Å². The summed E-state index contributed by atoms with van der Waals surface area (Å²) in [7, 11) is 1.64. The molecule has 0 aromatic heterocycles. The molecule has 1 fully saturated rings. The summed E-state index contributed by atoms with van der Waals surface area (Å²) in [6.45, 7) is 27.0. The summed E-state index contributed by atoms with van der Waals surface area (Å²) in [4.78, 5) is 94.3. The largest absolute Gasteiger partial charge is 0.460 e. The second-order valence-electron chi connectivity index (χ2n) is 24.2. The minimum Gasteiger partial charge on any atom is -0.460 e. The molecule has 29 heteroatoms. The van der Waals surface area contributed by atoms with E-state index in [-0.39, 0.29) is 63.9 Å². The van der Waals surface area contributed by atoms with Gasteiger partial charge in [-0.2, -0.15) is 0 Å². The lowest BCUT2D eigenvalue weighted by molar-refractivity contribution is -0.154. The molecule has 0 aliphatic carbocycles. The second kappa shape index (κ2) is 57.1. The van der Waals surface area contributed by atoms with E-state index >= 15 is 0 Å². The van der Waals surface area contributed by atoms with E-state index in [2.05, 4.69) is 17.2 Å². The van der Waals surface area contributed by atoms with E-state index in [9.17, 15) is 33.6 Å². The molecule has 100 heavy (non-hydrogen) atoms. The van der Waals surface area contributed by atoms with Gasteiger partial charge in [-0.15, -0.1) is 0 Å². The van der Waals surface area contributed by atoms with Crippen LogP contribution in [-0.2, 0) is 137 Å². The van der Waals surface area contributed by atoms with Crippen LogP contribution in [-0.4, -0.2) is 314 Å². The number of carbonyl (C=O) groups excluding carboxylic acids is 7. The lowest BCUT2D eigenvalue weighted by Crippen LogP contribution is -2.47. The third-order valence-electron chi connectivity index (χ3n) is 14.9. The molecule has 1 aromatic carbocycles. The first-order valence-corrected chi connectivity index (χ1v) is 34.8. The molecule has 2 aliphatic rings. The number of amides is 4. The van der Waals surface area contributed by atoms with Crippen molar-refractivity contribution in [2.75, 3.05) is 245 Å². The number of benzene rings is 1. The van der Waals surface area contributed by atoms with Crippen LogP contribution in [0.3, 0.4) is 0 Å². The number of rotatable bonds is 65. The molecular formula is C71H115N3O26. The molecule has 3 rings (SSSR count). The smallest absolute Gasteiger partial charge is 0.311 e. The summed E-state index contributed by atoms with van der Waals surface area (Å²) in [5.74, 6) is 1.62. The van der Waals surface area contributed by atoms with Crippen LogP contribution < -0.4 is 5.32 Å². The van der Waals surface area contributed by atoms with Crippen LogP contribution in [0.5, 0.6) is 0 Å². The Kier molecular flexibility index (Phi) is 50.8. The Labute approximate surface area is 591 Å². The molecule has 570 valence electrons. The van der Waals surface area contributed by atoms with Crippen molar-refractivity contribution in [2.24, 2.45) is 17.3 Å². The van der Waals surface area contributed by atoms with Crippen LogP contribution >= 0.6 is 0 Å². The standard InChI is InChI=1S/C71H115N3O26/c1-9-83-55-61-51-64(74-66(77)14-15-67(74)78)69(80)73(61)53-62(75)52-63(56(2)3)68(79)72-57(4)65(76)50-58-12-13-60(54-100-70(81)71(5,6)7)59(49-58)11-10-16-84-19-20-86-23-24-88-27-28-90-31-32-92-35-36-94-39-40-96-43-44-98-47-48-99-46-45-97-42-41-95-38-37-93-34-33-91-30-29-89-26-25-87-22-21-85-18-17-82-8/h12-15,49,56-57,61,63-64H,9,16-48,50-55H2,1-8H3,(H,72,79)/t57-,61-,63-,64-/m0/s1. The molecule has 0 bridgehead atoms. The zero-order valence-electron chi connectivity index (χ0n) is 60.6. The van der Waals surface area contributed by atoms with Crippen molar-refractivity contribution >= 4 is 41.2 Å². The van der Waals surface area contributed by atoms with Crippen LogP contribution in [0.25, 0.3) is 0 Å². The Morgan fingerprint density at radius 2 is 0.940 bits per heavy atom. The number of carbonyl (C=O) groups is 7. The highest BCUT2D eigenvalue weighted by atomic mass is 16.6. The highest BCUT2D eigenvalue weighted by molar-refractivity contribution is 6.15. The van der Waals surface area contributed by atoms with Crippen LogP contribution in [0.2, 0.25) is 0 Å². The molecule has 2 heterocycles. The van der Waals surface area contributed by atoms with E-state index < -0.39 is 64.8 Å². The van der Waals surface area contributed by atoms with E-state index in [1.165, 1.54) is 4.90 Å². The number of ether oxygens (including phenoxy) is 19. The molecule has 0 spiro atoms. The maximum Gasteiger partial charge on any atom is 0.311 e. The molecule has 1 N–H and O–H groups in total. The molecule has 1 saturated heterocycles. The Morgan fingerprint density at radius 1 is 0.550 bits per heavy atom. The van der Waals surface area contributed by atoms with Gasteiger partial charge in [-0.1, -0.05) is 37.8 Å². The van der Waals surface area contributed by atoms with Crippen molar-refractivity contribution in [3.05, 3.63) is 47.0 Å². The number of nitrogens with one attached hydrogen (secondary N) is 1. The Morgan fingerprint density at radius 3 is 1.31 bits per heavy atom. The fourth-order valence-electron chi connectivity index (χ4n) is 9.33. The second-order valence-corrected chi connectivity index (χ2v) is 24.2. The highest BCUT2D eigenvalue weighted by Gasteiger charge is 2.47. The maximum absolute atomic E-state index is 13.7. The van der Waals surface area contributed by atoms with Gasteiger partial charge in [-0.25, -0.2) is 0 Å². The maximum atomic E-state index is 13.7. The van der Waals surface area contributed by atoms with Gasteiger partial charge in [-0.3, -0.25) is 38.5 Å². The normalized spacial score (nSPS) is 15.3. The molecule has 0 unspecified atom stereocenters. The number of Topliss-reactive ketones (excluding diaryl/α,β-unsaturated/α-hetero) is 2. The van der Waals surface area contributed by atoms with Crippen molar-refractivity contribution in [1.29, 1.82) is 0 Å². The fourth-order valence-corrected chi connectivity index (χ4v) is 9.33. The van der Waals surface area contributed by atoms with Gasteiger partial charge in [0.05, 0.1) is 242 Å². The third kappa shape index (κ3) is 41.7. The van der Waals surface area contributed by atoms with E-state index in [0.717, 1.165) is 17.1 Å². The quantitative estimate of drug-likeness (QED) is 0.0424. The summed E-state index contributed by atoms with van der Waals surface area (Å²) in [5.41, 5.74) is 1.04. The monoisotopic (exact) mass is 1430 g/mol. The van der Waals surface area contributed by atoms with Crippen LogP contribution in [0.15, 0.2) is 30.4 Å². The minimum atomic E-state index is -1.07. The Hall–Kier alpha value is -5.31. The van der Waals surface area contributed by atoms with Crippen molar-refractivity contribution in [3.63, 3.8) is 0 Å². The number of imide groups is 1.